The van der Waals surface area contributed by atoms with E-state index in [4.69, 9.17) is 24.4 Å². The molecular formula is C38H40N4O4. The molecule has 3 aromatic carbocycles. The Morgan fingerprint density at radius 1 is 0.891 bits per heavy atom. The first-order chi connectivity index (χ1) is 22.7. The van der Waals surface area contributed by atoms with Gasteiger partial charge in [0.25, 0.3) is 0 Å². The van der Waals surface area contributed by atoms with E-state index in [-0.39, 0.29) is 12.3 Å². The molecule has 46 heavy (non-hydrogen) atoms. The summed E-state index contributed by atoms with van der Waals surface area (Å²) in [6, 6.07) is 31.6. The number of aromatic nitrogens is 4. The maximum Gasteiger partial charge on any atom is 0.356 e. The van der Waals surface area contributed by atoms with Crippen LogP contribution >= 0.6 is 0 Å². The van der Waals surface area contributed by atoms with Crippen molar-refractivity contribution in [2.45, 2.75) is 63.8 Å². The molecule has 7 rings (SSSR count). The number of nitrogens with zero attached hydrogens (tertiary/aromatic N) is 4. The smallest absolute Gasteiger partial charge is 0.356 e. The highest BCUT2D eigenvalue weighted by Crippen LogP contribution is 2.43. The molecule has 0 radical (unpaired) electrons. The number of esters is 1. The molecule has 1 unspecified atom stereocenters. The van der Waals surface area contributed by atoms with Gasteiger partial charge in [-0.15, -0.1) is 0 Å². The molecule has 0 spiro atoms. The fourth-order valence-corrected chi connectivity index (χ4v) is 6.96. The topological polar surface area (TPSA) is 80.4 Å². The zero-order chi connectivity index (χ0) is 31.3. The van der Waals surface area contributed by atoms with E-state index in [9.17, 15) is 4.79 Å². The summed E-state index contributed by atoms with van der Waals surface area (Å²) < 4.78 is 21.2. The SMILES string of the molecule is CCOC(=O)c1c2c(nn1CCCOC1CCCCO1)-c1cn(C(c3ccccc3)(c3ccccc3)c3ccccc3)nc1CC2. The molecule has 2 aromatic heterocycles. The van der Waals surface area contributed by atoms with E-state index in [0.29, 0.717) is 44.7 Å². The third-order valence-corrected chi connectivity index (χ3v) is 9.05. The Balaban J connectivity index is 1.31. The summed E-state index contributed by atoms with van der Waals surface area (Å²) in [4.78, 5) is 13.4. The van der Waals surface area contributed by atoms with E-state index in [1.807, 2.05) is 29.8 Å². The Morgan fingerprint density at radius 2 is 1.54 bits per heavy atom. The van der Waals surface area contributed by atoms with Gasteiger partial charge in [0.1, 0.15) is 11.2 Å². The molecule has 236 valence electrons. The number of carbonyl (C=O) groups is 1. The van der Waals surface area contributed by atoms with Gasteiger partial charge in [0.15, 0.2) is 6.29 Å². The molecule has 5 aromatic rings. The summed E-state index contributed by atoms with van der Waals surface area (Å²) in [7, 11) is 0. The minimum Gasteiger partial charge on any atom is -0.461 e. The Bertz CT molecular complexity index is 1660. The van der Waals surface area contributed by atoms with E-state index in [2.05, 4.69) is 83.7 Å². The predicted molar refractivity (Wildman–Crippen MR) is 176 cm³/mol. The van der Waals surface area contributed by atoms with Crippen molar-refractivity contribution in [3.05, 3.63) is 131 Å². The molecule has 1 saturated heterocycles. The molecule has 8 nitrogen and oxygen atoms in total. The van der Waals surface area contributed by atoms with E-state index in [1.165, 1.54) is 0 Å². The zero-order valence-corrected chi connectivity index (χ0v) is 26.3. The summed E-state index contributed by atoms with van der Waals surface area (Å²) in [6.07, 6.45) is 7.18. The molecule has 2 aliphatic rings. The molecule has 1 aliphatic carbocycles. The number of ether oxygens (including phenoxy) is 3. The quantitative estimate of drug-likeness (QED) is 0.0923. The van der Waals surface area contributed by atoms with Gasteiger partial charge in [-0.2, -0.15) is 10.2 Å². The predicted octanol–water partition coefficient (Wildman–Crippen LogP) is 6.80. The molecule has 3 heterocycles. The van der Waals surface area contributed by atoms with Gasteiger partial charge in [0.2, 0.25) is 0 Å². The van der Waals surface area contributed by atoms with E-state index >= 15 is 0 Å². The highest BCUT2D eigenvalue weighted by Gasteiger charge is 2.41. The number of rotatable bonds is 11. The average molecular weight is 617 g/mol. The molecule has 0 N–H and O–H groups in total. The van der Waals surface area contributed by atoms with Crippen molar-refractivity contribution < 1.29 is 19.0 Å². The Hall–Kier alpha value is -4.53. The van der Waals surface area contributed by atoms with Crippen LogP contribution < -0.4 is 0 Å². The lowest BCUT2D eigenvalue weighted by molar-refractivity contribution is -0.163. The number of benzene rings is 3. The first-order valence-electron chi connectivity index (χ1n) is 16.5. The van der Waals surface area contributed by atoms with Crippen molar-refractivity contribution in [1.82, 2.24) is 19.6 Å². The second-order valence-electron chi connectivity index (χ2n) is 11.9. The van der Waals surface area contributed by atoms with Crippen molar-refractivity contribution >= 4 is 5.97 Å². The van der Waals surface area contributed by atoms with Gasteiger partial charge in [-0.3, -0.25) is 9.36 Å². The highest BCUT2D eigenvalue weighted by molar-refractivity contribution is 5.92. The van der Waals surface area contributed by atoms with E-state index in [0.717, 1.165) is 65.1 Å². The fraction of sp³-hybridized carbons (Fsp3) is 0.342. The lowest BCUT2D eigenvalue weighted by atomic mass is 9.77. The van der Waals surface area contributed by atoms with Crippen molar-refractivity contribution in [2.24, 2.45) is 0 Å². The van der Waals surface area contributed by atoms with Crippen LogP contribution in [0.15, 0.2) is 97.2 Å². The highest BCUT2D eigenvalue weighted by atomic mass is 16.7. The maximum atomic E-state index is 13.4. The lowest BCUT2D eigenvalue weighted by Crippen LogP contribution is -2.38. The Kier molecular flexibility index (Phi) is 8.81. The third-order valence-electron chi connectivity index (χ3n) is 9.05. The first kappa shape index (κ1) is 30.1. The van der Waals surface area contributed by atoms with Gasteiger partial charge in [0.05, 0.1) is 24.6 Å². The minimum atomic E-state index is -0.730. The molecule has 0 amide bonds. The minimum absolute atomic E-state index is 0.142. The number of carbonyl (C=O) groups excluding carboxylic acids is 1. The molecule has 8 heteroatoms. The summed E-state index contributed by atoms with van der Waals surface area (Å²) >= 11 is 0. The van der Waals surface area contributed by atoms with Gasteiger partial charge in [-0.25, -0.2) is 4.79 Å². The van der Waals surface area contributed by atoms with Crippen LogP contribution in [-0.2, 0) is 39.1 Å². The largest absolute Gasteiger partial charge is 0.461 e. The van der Waals surface area contributed by atoms with Crippen LogP contribution in [0.25, 0.3) is 11.3 Å². The van der Waals surface area contributed by atoms with Gasteiger partial charge < -0.3 is 14.2 Å². The van der Waals surface area contributed by atoms with Crippen molar-refractivity contribution in [3.8, 4) is 11.3 Å². The van der Waals surface area contributed by atoms with E-state index in [1.54, 1.807) is 0 Å². The third kappa shape index (κ3) is 5.56. The van der Waals surface area contributed by atoms with Crippen LogP contribution in [-0.4, -0.2) is 51.6 Å². The van der Waals surface area contributed by atoms with Crippen LogP contribution in [0.1, 0.15) is 71.0 Å². The number of hydrogen-bond donors (Lipinski definition) is 0. The van der Waals surface area contributed by atoms with Crippen molar-refractivity contribution in [1.29, 1.82) is 0 Å². The van der Waals surface area contributed by atoms with Crippen molar-refractivity contribution in [3.63, 3.8) is 0 Å². The zero-order valence-electron chi connectivity index (χ0n) is 26.3. The van der Waals surface area contributed by atoms with Crippen LogP contribution in [0, 0.1) is 0 Å². The Morgan fingerprint density at radius 3 is 2.13 bits per heavy atom. The summed E-state index contributed by atoms with van der Waals surface area (Å²) in [5.41, 5.74) is 6.76. The maximum absolute atomic E-state index is 13.4. The number of aryl methyl sites for hydroxylation is 2. The van der Waals surface area contributed by atoms with Crippen LogP contribution in [0.4, 0.5) is 0 Å². The summed E-state index contributed by atoms with van der Waals surface area (Å²) in [5.74, 6) is -0.337. The molecule has 1 atom stereocenters. The molecule has 1 aliphatic heterocycles. The monoisotopic (exact) mass is 616 g/mol. The molecule has 0 bridgehead atoms. The van der Waals surface area contributed by atoms with Gasteiger partial charge in [0, 0.05) is 30.5 Å². The van der Waals surface area contributed by atoms with Gasteiger partial charge in [-0.05, 0) is 62.1 Å². The lowest BCUT2D eigenvalue weighted by Gasteiger charge is -2.36. The second-order valence-corrected chi connectivity index (χ2v) is 11.9. The fourth-order valence-electron chi connectivity index (χ4n) is 6.96. The van der Waals surface area contributed by atoms with Crippen LogP contribution in [0.5, 0.6) is 0 Å². The summed E-state index contributed by atoms with van der Waals surface area (Å²) in [6.45, 7) is 3.97. The van der Waals surface area contributed by atoms with Crippen LogP contribution in [0.3, 0.4) is 0 Å². The summed E-state index contributed by atoms with van der Waals surface area (Å²) in [5, 5.41) is 10.4. The Labute approximate surface area is 269 Å². The van der Waals surface area contributed by atoms with Crippen LogP contribution in [0.2, 0.25) is 0 Å². The number of hydrogen-bond acceptors (Lipinski definition) is 6. The van der Waals surface area contributed by atoms with Crippen molar-refractivity contribution in [2.75, 3.05) is 19.8 Å². The normalized spacial score (nSPS) is 16.1. The molecule has 0 saturated carbocycles. The average Bonchev–Trinajstić information content (AvgIpc) is 3.71. The van der Waals surface area contributed by atoms with Gasteiger partial charge >= 0.3 is 5.97 Å². The first-order valence-corrected chi connectivity index (χ1v) is 16.5. The van der Waals surface area contributed by atoms with Gasteiger partial charge in [-0.1, -0.05) is 91.0 Å². The molecule has 1 fully saturated rings. The standard InChI is InChI=1S/C38H40N4O4/c1-2-44-37(43)36-31-22-23-33-32(35(31)40-41(36)24-14-26-46-34-21-12-13-25-45-34)27-42(39-33)38(28-15-6-3-7-16-28,29-17-8-4-9-18-29)30-19-10-5-11-20-30/h3-11,15-20,27,34H,2,12-14,21-26H2,1H3. The second kappa shape index (κ2) is 13.4. The number of fused-ring (bicyclic) bond motifs is 3. The van der Waals surface area contributed by atoms with E-state index < -0.39 is 5.54 Å². The molecular weight excluding hydrogens is 576 g/mol.